The van der Waals surface area contributed by atoms with E-state index in [1.54, 1.807) is 30.5 Å². The van der Waals surface area contributed by atoms with Crippen molar-refractivity contribution >= 4 is 17.3 Å². The molecule has 4 heteroatoms. The van der Waals surface area contributed by atoms with E-state index in [4.69, 9.17) is 5.73 Å². The van der Waals surface area contributed by atoms with Crippen molar-refractivity contribution in [3.05, 3.63) is 78.5 Å². The first-order valence-corrected chi connectivity index (χ1v) is 6.92. The Morgan fingerprint density at radius 3 is 2.41 bits per heavy atom. The minimum Gasteiger partial charge on any atom is -0.397 e. The number of amides is 1. The van der Waals surface area contributed by atoms with Crippen LogP contribution < -0.4 is 11.1 Å². The third-order valence-corrected chi connectivity index (χ3v) is 3.31. The van der Waals surface area contributed by atoms with Crippen LogP contribution in [0.4, 0.5) is 11.4 Å². The number of carbonyl (C=O) groups is 1. The number of nitrogens with two attached hydrogens (primary N) is 1. The largest absolute Gasteiger partial charge is 0.397 e. The second-order valence-corrected chi connectivity index (χ2v) is 4.81. The van der Waals surface area contributed by atoms with E-state index in [1.807, 2.05) is 42.5 Å². The maximum Gasteiger partial charge on any atom is 0.255 e. The molecule has 0 aliphatic rings. The standard InChI is InChI=1S/C18H15N3O/c19-15-10-6-12-20-17(15)14-9-4-5-11-16(14)21-18(22)13-7-2-1-3-8-13/h1-12H,19H2,(H,21,22). The molecule has 1 amide bonds. The summed E-state index contributed by atoms with van der Waals surface area (Å²) >= 11 is 0. The van der Waals surface area contributed by atoms with Crippen LogP contribution in [0.15, 0.2) is 72.9 Å². The van der Waals surface area contributed by atoms with Crippen molar-refractivity contribution in [1.82, 2.24) is 4.98 Å². The number of pyridine rings is 1. The van der Waals surface area contributed by atoms with E-state index in [-0.39, 0.29) is 5.91 Å². The molecule has 3 N–H and O–H groups in total. The third kappa shape index (κ3) is 2.81. The molecule has 1 aromatic heterocycles. The summed E-state index contributed by atoms with van der Waals surface area (Å²) in [5.41, 5.74) is 9.30. The van der Waals surface area contributed by atoms with Gasteiger partial charge in [-0.15, -0.1) is 0 Å². The van der Waals surface area contributed by atoms with Gasteiger partial charge in [-0.2, -0.15) is 0 Å². The summed E-state index contributed by atoms with van der Waals surface area (Å²) in [6.45, 7) is 0. The van der Waals surface area contributed by atoms with Crippen LogP contribution in [0, 0.1) is 0 Å². The Hall–Kier alpha value is -3.14. The van der Waals surface area contributed by atoms with Gasteiger partial charge in [0.25, 0.3) is 5.91 Å². The molecule has 0 atom stereocenters. The highest BCUT2D eigenvalue weighted by molar-refractivity contribution is 6.06. The van der Waals surface area contributed by atoms with Crippen molar-refractivity contribution < 1.29 is 4.79 Å². The average molecular weight is 289 g/mol. The fourth-order valence-electron chi connectivity index (χ4n) is 2.23. The third-order valence-electron chi connectivity index (χ3n) is 3.31. The minimum atomic E-state index is -0.164. The first kappa shape index (κ1) is 13.8. The summed E-state index contributed by atoms with van der Waals surface area (Å²) in [6, 6.07) is 20.1. The van der Waals surface area contributed by atoms with Crippen LogP contribution in [0.1, 0.15) is 10.4 Å². The van der Waals surface area contributed by atoms with Crippen molar-refractivity contribution in [2.75, 3.05) is 11.1 Å². The first-order valence-electron chi connectivity index (χ1n) is 6.92. The van der Waals surface area contributed by atoms with Gasteiger partial charge in [-0.1, -0.05) is 36.4 Å². The number of rotatable bonds is 3. The van der Waals surface area contributed by atoms with Crippen molar-refractivity contribution in [2.45, 2.75) is 0 Å². The lowest BCUT2D eigenvalue weighted by atomic mass is 10.1. The highest BCUT2D eigenvalue weighted by Gasteiger charge is 2.12. The zero-order valence-corrected chi connectivity index (χ0v) is 11.9. The summed E-state index contributed by atoms with van der Waals surface area (Å²) in [5.74, 6) is -0.164. The van der Waals surface area contributed by atoms with Crippen LogP contribution in [0.3, 0.4) is 0 Å². The summed E-state index contributed by atoms with van der Waals surface area (Å²) in [6.07, 6.45) is 1.68. The number of carbonyl (C=O) groups excluding carboxylic acids is 1. The Balaban J connectivity index is 1.96. The van der Waals surface area contributed by atoms with Crippen LogP contribution in [0.5, 0.6) is 0 Å². The molecule has 3 aromatic rings. The highest BCUT2D eigenvalue weighted by Crippen LogP contribution is 2.30. The molecular formula is C18H15N3O. The summed E-state index contributed by atoms with van der Waals surface area (Å²) in [5, 5.41) is 2.92. The lowest BCUT2D eigenvalue weighted by Gasteiger charge is -2.12. The number of para-hydroxylation sites is 1. The Kier molecular flexibility index (Phi) is 3.83. The molecule has 0 aliphatic heterocycles. The maximum absolute atomic E-state index is 12.3. The summed E-state index contributed by atoms with van der Waals surface area (Å²) in [7, 11) is 0. The van der Waals surface area contributed by atoms with Gasteiger partial charge < -0.3 is 11.1 Å². The molecule has 0 spiro atoms. The molecule has 22 heavy (non-hydrogen) atoms. The molecule has 0 fully saturated rings. The van der Waals surface area contributed by atoms with Crippen molar-refractivity contribution in [3.63, 3.8) is 0 Å². The van der Waals surface area contributed by atoms with E-state index >= 15 is 0 Å². The average Bonchev–Trinajstić information content (AvgIpc) is 2.57. The number of hydrogen-bond acceptors (Lipinski definition) is 3. The zero-order chi connectivity index (χ0) is 15.4. The smallest absolute Gasteiger partial charge is 0.255 e. The first-order chi connectivity index (χ1) is 10.8. The number of anilines is 2. The fraction of sp³-hybridized carbons (Fsp3) is 0. The molecule has 0 radical (unpaired) electrons. The van der Waals surface area contributed by atoms with Crippen LogP contribution in [0.25, 0.3) is 11.3 Å². The van der Waals surface area contributed by atoms with Crippen molar-refractivity contribution in [1.29, 1.82) is 0 Å². The molecule has 0 saturated carbocycles. The van der Waals surface area contributed by atoms with Gasteiger partial charge in [-0.3, -0.25) is 9.78 Å². The molecule has 0 unspecified atom stereocenters. The molecular weight excluding hydrogens is 274 g/mol. The molecule has 0 aliphatic carbocycles. The van der Waals surface area contributed by atoms with Crippen LogP contribution in [-0.2, 0) is 0 Å². The van der Waals surface area contributed by atoms with Crippen LogP contribution in [-0.4, -0.2) is 10.9 Å². The lowest BCUT2D eigenvalue weighted by molar-refractivity contribution is 0.102. The van der Waals surface area contributed by atoms with Gasteiger partial charge >= 0.3 is 0 Å². The predicted molar refractivity (Wildman–Crippen MR) is 88.5 cm³/mol. The summed E-state index contributed by atoms with van der Waals surface area (Å²) in [4.78, 5) is 16.6. The van der Waals surface area contributed by atoms with Crippen LogP contribution >= 0.6 is 0 Å². The second-order valence-electron chi connectivity index (χ2n) is 4.81. The van der Waals surface area contributed by atoms with Gasteiger partial charge in [-0.25, -0.2) is 0 Å². The quantitative estimate of drug-likeness (QED) is 0.774. The number of nitrogens with one attached hydrogen (secondary N) is 1. The SMILES string of the molecule is Nc1cccnc1-c1ccccc1NC(=O)c1ccccc1. The second kappa shape index (κ2) is 6.10. The summed E-state index contributed by atoms with van der Waals surface area (Å²) < 4.78 is 0. The van der Waals surface area contributed by atoms with Gasteiger partial charge in [0.2, 0.25) is 0 Å². The Bertz CT molecular complexity index is 800. The predicted octanol–water partition coefficient (Wildman–Crippen LogP) is 3.58. The molecule has 2 aromatic carbocycles. The number of hydrogen-bond donors (Lipinski definition) is 2. The van der Waals surface area contributed by atoms with Crippen LogP contribution in [0.2, 0.25) is 0 Å². The van der Waals surface area contributed by atoms with E-state index in [2.05, 4.69) is 10.3 Å². The Morgan fingerprint density at radius 2 is 1.64 bits per heavy atom. The van der Waals surface area contributed by atoms with E-state index in [1.165, 1.54) is 0 Å². The van der Waals surface area contributed by atoms with Crippen molar-refractivity contribution in [2.24, 2.45) is 0 Å². The molecule has 1 heterocycles. The lowest BCUT2D eigenvalue weighted by Crippen LogP contribution is -2.12. The van der Waals surface area contributed by atoms with Crippen molar-refractivity contribution in [3.8, 4) is 11.3 Å². The van der Waals surface area contributed by atoms with E-state index < -0.39 is 0 Å². The fourth-order valence-corrected chi connectivity index (χ4v) is 2.23. The highest BCUT2D eigenvalue weighted by atomic mass is 16.1. The molecule has 4 nitrogen and oxygen atoms in total. The Morgan fingerprint density at radius 1 is 0.909 bits per heavy atom. The Labute approximate surface area is 128 Å². The van der Waals surface area contributed by atoms with Gasteiger partial charge in [0.05, 0.1) is 17.1 Å². The van der Waals surface area contributed by atoms with Gasteiger partial charge in [0.15, 0.2) is 0 Å². The van der Waals surface area contributed by atoms with E-state index in [9.17, 15) is 4.79 Å². The van der Waals surface area contributed by atoms with Gasteiger partial charge in [0, 0.05) is 17.3 Å². The van der Waals surface area contributed by atoms with Gasteiger partial charge in [-0.05, 0) is 30.3 Å². The molecule has 3 rings (SSSR count). The number of nitrogens with zero attached hydrogens (tertiary/aromatic N) is 1. The van der Waals surface area contributed by atoms with E-state index in [0.717, 1.165) is 5.56 Å². The minimum absolute atomic E-state index is 0.164. The van der Waals surface area contributed by atoms with E-state index in [0.29, 0.717) is 22.6 Å². The van der Waals surface area contributed by atoms with Gasteiger partial charge in [0.1, 0.15) is 0 Å². The maximum atomic E-state index is 12.3. The molecule has 108 valence electrons. The monoisotopic (exact) mass is 289 g/mol. The number of nitrogen functional groups attached to an aromatic ring is 1. The topological polar surface area (TPSA) is 68.0 Å². The molecule has 0 saturated heterocycles. The number of benzene rings is 2. The number of aromatic nitrogens is 1. The molecule has 0 bridgehead atoms. The zero-order valence-electron chi connectivity index (χ0n) is 11.9. The normalized spacial score (nSPS) is 10.2.